The van der Waals surface area contributed by atoms with Crippen molar-refractivity contribution in [2.45, 2.75) is 27.2 Å². The van der Waals surface area contributed by atoms with Crippen LogP contribution < -0.4 is 0 Å². The first-order chi connectivity index (χ1) is 55.1. The van der Waals surface area contributed by atoms with E-state index in [4.69, 9.17) is 0 Å². The fraction of sp³-hybridized carbons (Fsp3) is 0.0385. The Kier molecular flexibility index (Phi) is 15.7. The molecule has 0 amide bonds. The van der Waals surface area contributed by atoms with E-state index in [1.54, 1.807) is 0 Å². The SMILES string of the molecule is Cc1cccc(-c2ccc3c(c2)c2ccccc2n3-c2c(-c3cccc(C#N)c3)ccc(-n3c4ccccc4c4cc(-c5cccc(Cc6ccc7c(c6)c6ccc(-c8cccc(C)c8)cc6n7-c6c(-c7cccc(C#N)c7)ccc(-n7c8ccccc8c8ccc(-c9cccc(C)c9)cc87)c6C#N)c5)ccc43)c2C#N)c1. The number of rotatable bonds is 12. The maximum atomic E-state index is 12.2. The van der Waals surface area contributed by atoms with Crippen LogP contribution in [0.15, 0.2) is 334 Å². The summed E-state index contributed by atoms with van der Waals surface area (Å²) in [6.45, 7) is 6.36. The van der Waals surface area contributed by atoms with Crippen LogP contribution in [-0.2, 0) is 6.42 Å². The van der Waals surface area contributed by atoms with E-state index in [9.17, 15) is 21.0 Å². The fourth-order valence-corrected chi connectivity index (χ4v) is 17.6. The second kappa shape index (κ2) is 26.6. The van der Waals surface area contributed by atoms with Crippen LogP contribution in [-0.4, -0.2) is 18.3 Å². The molecule has 20 rings (SSSR count). The number of para-hydroxylation sites is 3. The molecule has 4 aromatic heterocycles. The van der Waals surface area contributed by atoms with Crippen molar-refractivity contribution in [3.63, 3.8) is 0 Å². The first-order valence-corrected chi connectivity index (χ1v) is 37.7. The van der Waals surface area contributed by atoms with Gasteiger partial charge in [0.2, 0.25) is 0 Å². The molecule has 112 heavy (non-hydrogen) atoms. The summed E-state index contributed by atoms with van der Waals surface area (Å²) in [5.74, 6) is 0. The van der Waals surface area contributed by atoms with Crippen LogP contribution in [0.4, 0.5) is 0 Å². The molecule has 0 spiro atoms. The summed E-state index contributed by atoms with van der Waals surface area (Å²) in [5.41, 5.74) is 30.5. The Labute approximate surface area is 647 Å². The van der Waals surface area contributed by atoms with Gasteiger partial charge in [0.1, 0.15) is 23.3 Å². The van der Waals surface area contributed by atoms with Crippen molar-refractivity contribution >= 4 is 87.2 Å². The average molecular weight is 1430 g/mol. The molecular formula is C104H66N8. The summed E-state index contributed by atoms with van der Waals surface area (Å²) in [5, 5.41) is 53.4. The first kappa shape index (κ1) is 66.1. The van der Waals surface area contributed by atoms with Crippen molar-refractivity contribution in [2.24, 2.45) is 0 Å². The highest BCUT2D eigenvalue weighted by Crippen LogP contribution is 2.47. The predicted octanol–water partition coefficient (Wildman–Crippen LogP) is 26.1. The smallest absolute Gasteiger partial charge is 0.104 e. The number of nitriles is 4. The first-order valence-electron chi connectivity index (χ1n) is 37.7. The fourth-order valence-electron chi connectivity index (χ4n) is 17.6. The van der Waals surface area contributed by atoms with E-state index < -0.39 is 0 Å². The molecule has 0 unspecified atom stereocenters. The Morgan fingerprint density at radius 2 is 0.562 bits per heavy atom. The van der Waals surface area contributed by atoms with Crippen molar-refractivity contribution < 1.29 is 0 Å². The zero-order valence-electron chi connectivity index (χ0n) is 61.5. The van der Waals surface area contributed by atoms with Gasteiger partial charge in [-0.2, -0.15) is 21.0 Å². The van der Waals surface area contributed by atoms with Crippen LogP contribution in [0.3, 0.4) is 0 Å². The molecule has 0 aliphatic carbocycles. The molecule has 0 atom stereocenters. The lowest BCUT2D eigenvalue weighted by Gasteiger charge is -2.20. The van der Waals surface area contributed by atoms with Gasteiger partial charge in [-0.3, -0.25) is 0 Å². The Hall–Kier alpha value is -15.3. The van der Waals surface area contributed by atoms with Gasteiger partial charge in [-0.25, -0.2) is 0 Å². The molecule has 20 aromatic rings. The van der Waals surface area contributed by atoms with Crippen molar-refractivity contribution in [3.8, 4) is 114 Å². The van der Waals surface area contributed by atoms with E-state index in [1.165, 1.54) is 11.1 Å². The second-order valence-corrected chi connectivity index (χ2v) is 29.5. The quantitative estimate of drug-likeness (QED) is 0.121. The minimum absolute atomic E-state index is 0.491. The van der Waals surface area contributed by atoms with Gasteiger partial charge in [-0.05, 0) is 197 Å². The molecule has 0 bridgehead atoms. The monoisotopic (exact) mass is 1430 g/mol. The molecule has 4 heterocycles. The Bertz CT molecular complexity index is 7580. The third kappa shape index (κ3) is 10.9. The number of nitrogens with zero attached hydrogens (tertiary/aromatic N) is 8. The number of hydrogen-bond acceptors (Lipinski definition) is 4. The molecule has 0 aliphatic heterocycles. The summed E-state index contributed by atoms with van der Waals surface area (Å²) < 4.78 is 9.09. The molecule has 0 fully saturated rings. The van der Waals surface area contributed by atoms with Crippen LogP contribution in [0.25, 0.3) is 177 Å². The lowest BCUT2D eigenvalue weighted by molar-refractivity contribution is 1.12. The van der Waals surface area contributed by atoms with Crippen molar-refractivity contribution in [1.29, 1.82) is 21.0 Å². The minimum atomic E-state index is 0.491. The molecule has 8 nitrogen and oxygen atoms in total. The summed E-state index contributed by atoms with van der Waals surface area (Å²) >= 11 is 0. The van der Waals surface area contributed by atoms with E-state index >= 15 is 0 Å². The van der Waals surface area contributed by atoms with Gasteiger partial charge in [-0.15, -0.1) is 0 Å². The van der Waals surface area contributed by atoms with Crippen LogP contribution >= 0.6 is 0 Å². The number of aromatic nitrogens is 4. The van der Waals surface area contributed by atoms with Gasteiger partial charge in [0.25, 0.3) is 0 Å². The highest BCUT2D eigenvalue weighted by Gasteiger charge is 2.28. The van der Waals surface area contributed by atoms with Crippen molar-refractivity contribution in [2.75, 3.05) is 0 Å². The molecule has 0 radical (unpaired) electrons. The van der Waals surface area contributed by atoms with Gasteiger partial charge >= 0.3 is 0 Å². The number of fused-ring (bicyclic) bond motifs is 12. The Morgan fingerprint density at radius 1 is 0.223 bits per heavy atom. The summed E-state index contributed by atoms with van der Waals surface area (Å²) in [4.78, 5) is 0. The van der Waals surface area contributed by atoms with Crippen LogP contribution in [0.2, 0.25) is 0 Å². The van der Waals surface area contributed by atoms with Gasteiger partial charge in [0.05, 0.1) is 90.1 Å². The second-order valence-electron chi connectivity index (χ2n) is 29.5. The van der Waals surface area contributed by atoms with Crippen LogP contribution in [0.1, 0.15) is 50.1 Å². The summed E-state index contributed by atoms with van der Waals surface area (Å²) in [7, 11) is 0. The molecule has 0 aliphatic rings. The van der Waals surface area contributed by atoms with E-state index in [0.29, 0.717) is 28.7 Å². The molecular weight excluding hydrogens is 1360 g/mol. The normalized spacial score (nSPS) is 11.5. The molecule has 16 aromatic carbocycles. The third-order valence-electron chi connectivity index (χ3n) is 22.6. The lowest BCUT2D eigenvalue weighted by atomic mass is 9.96. The zero-order chi connectivity index (χ0) is 75.4. The topological polar surface area (TPSA) is 115 Å². The lowest BCUT2D eigenvalue weighted by Crippen LogP contribution is -2.06. The maximum absolute atomic E-state index is 12.2. The zero-order valence-corrected chi connectivity index (χ0v) is 61.5. The third-order valence-corrected chi connectivity index (χ3v) is 22.6. The molecule has 8 heteroatoms. The largest absolute Gasteiger partial charge is 0.308 e. The van der Waals surface area contributed by atoms with E-state index in [1.807, 2.05) is 48.5 Å². The standard InChI is InChI=1S/C104H66N8/c1-64-16-10-22-71(48-64)75-38-45-98-90(56-75)85-30-6-9-33-95(85)111(98)103-81(79-26-14-20-69(53-79)60-105)41-46-99(91(103)62-107)109-94-32-8-5-29-84(94)89-57-76(37-44-96(89)109)74-25-13-19-67(52-74)51-68-34-43-97-88(55-68)87-40-36-78(73-24-12-18-66(3)50-73)59-102(87)112(97)104-82(80-27-15-21-70(54-80)61-106)42-47-100(92(104)63-108)110-93-31-7-4-28-83(93)86-39-35-77(58-101(86)110)72-23-11-17-65(2)49-72/h4-50,52-59H,51H2,1-3H3. The van der Waals surface area contributed by atoms with Crippen molar-refractivity contribution in [1.82, 2.24) is 18.3 Å². The highest BCUT2D eigenvalue weighted by molar-refractivity contribution is 6.16. The average Bonchev–Trinajstić information content (AvgIpc) is 1.56. The number of aryl methyl sites for hydroxylation is 3. The molecule has 0 saturated heterocycles. The van der Waals surface area contributed by atoms with Gasteiger partial charge in [0, 0.05) is 54.2 Å². The highest BCUT2D eigenvalue weighted by atomic mass is 15.0. The number of benzene rings is 16. The van der Waals surface area contributed by atoms with E-state index in [0.717, 1.165) is 193 Å². The van der Waals surface area contributed by atoms with Crippen molar-refractivity contribution in [3.05, 3.63) is 384 Å². The number of hydrogen-bond donors (Lipinski definition) is 0. The van der Waals surface area contributed by atoms with E-state index in [2.05, 4.69) is 348 Å². The van der Waals surface area contributed by atoms with Crippen LogP contribution in [0, 0.1) is 66.1 Å². The molecule has 0 saturated carbocycles. The molecule has 522 valence electrons. The minimum Gasteiger partial charge on any atom is -0.308 e. The van der Waals surface area contributed by atoms with Gasteiger partial charge < -0.3 is 18.3 Å². The Balaban J connectivity index is 0.727. The predicted molar refractivity (Wildman–Crippen MR) is 459 cm³/mol. The molecule has 0 N–H and O–H groups in total. The van der Waals surface area contributed by atoms with Crippen LogP contribution in [0.5, 0.6) is 0 Å². The van der Waals surface area contributed by atoms with Gasteiger partial charge in [0.15, 0.2) is 0 Å². The van der Waals surface area contributed by atoms with E-state index in [-0.39, 0.29) is 0 Å². The summed E-state index contributed by atoms with van der Waals surface area (Å²) in [6, 6.07) is 128. The Morgan fingerprint density at radius 3 is 1.05 bits per heavy atom. The summed E-state index contributed by atoms with van der Waals surface area (Å²) in [6.07, 6.45) is 0.638. The maximum Gasteiger partial charge on any atom is 0.104 e. The van der Waals surface area contributed by atoms with Gasteiger partial charge in [-0.1, -0.05) is 247 Å².